The first-order valence-electron chi connectivity index (χ1n) is 6.21. The predicted octanol–water partition coefficient (Wildman–Crippen LogP) is 2.19. The summed E-state index contributed by atoms with van der Waals surface area (Å²) in [6, 6.07) is 0.529. The lowest BCUT2D eigenvalue weighted by molar-refractivity contribution is 0.291. The highest BCUT2D eigenvalue weighted by Crippen LogP contribution is 2.15. The molecule has 0 spiro atoms. The molecule has 0 radical (unpaired) electrons. The average Bonchev–Trinajstić information content (AvgIpc) is 2.75. The van der Waals surface area contributed by atoms with Gasteiger partial charge in [-0.25, -0.2) is 4.98 Å². The quantitative estimate of drug-likeness (QED) is 0.888. The molecule has 2 heterocycles. The van der Waals surface area contributed by atoms with Crippen molar-refractivity contribution in [2.24, 2.45) is 0 Å². The van der Waals surface area contributed by atoms with Crippen LogP contribution in [0.5, 0.6) is 0 Å². The molecule has 0 saturated carbocycles. The number of nitrogens with one attached hydrogen (secondary N) is 1. The number of hydrogen-bond acceptors (Lipinski definition) is 5. The monoisotopic (exact) mass is 271 g/mol. The van der Waals surface area contributed by atoms with Crippen molar-refractivity contribution in [3.63, 3.8) is 0 Å². The average molecular weight is 271 g/mol. The fourth-order valence-electron chi connectivity index (χ4n) is 1.78. The number of thiazole rings is 1. The molecule has 0 amide bonds. The zero-order chi connectivity index (χ0) is 12.1. The van der Waals surface area contributed by atoms with Gasteiger partial charge in [-0.3, -0.25) is 4.90 Å². The van der Waals surface area contributed by atoms with Gasteiger partial charge in [0.15, 0.2) is 0 Å². The van der Waals surface area contributed by atoms with Crippen molar-refractivity contribution in [3.05, 3.63) is 16.1 Å². The second-order valence-electron chi connectivity index (χ2n) is 4.66. The van der Waals surface area contributed by atoms with Crippen molar-refractivity contribution in [3.8, 4) is 0 Å². The van der Waals surface area contributed by atoms with Crippen LogP contribution in [0.4, 0.5) is 0 Å². The van der Waals surface area contributed by atoms with Gasteiger partial charge in [0, 0.05) is 49.1 Å². The molecule has 0 atom stereocenters. The molecule has 1 aliphatic heterocycles. The lowest BCUT2D eigenvalue weighted by atomic mass is 10.4. The zero-order valence-corrected chi connectivity index (χ0v) is 12.2. The molecule has 5 heteroatoms. The van der Waals surface area contributed by atoms with Crippen LogP contribution in [-0.2, 0) is 13.1 Å². The number of aromatic nitrogens is 1. The standard InChI is InChI=1S/C12H21N3S2/c1-10(2)13-7-12-14-11(9-17-12)8-15-3-5-16-6-4-15/h9-10,13H,3-8H2,1-2H3. The van der Waals surface area contributed by atoms with E-state index in [9.17, 15) is 0 Å². The van der Waals surface area contributed by atoms with E-state index in [1.54, 1.807) is 11.3 Å². The second-order valence-corrected chi connectivity index (χ2v) is 6.82. The summed E-state index contributed by atoms with van der Waals surface area (Å²) in [5.74, 6) is 2.54. The van der Waals surface area contributed by atoms with Crippen LogP contribution in [0.2, 0.25) is 0 Å². The van der Waals surface area contributed by atoms with Gasteiger partial charge < -0.3 is 5.32 Å². The Hall–Kier alpha value is -0.100. The summed E-state index contributed by atoms with van der Waals surface area (Å²) in [5, 5.41) is 6.83. The van der Waals surface area contributed by atoms with E-state index in [2.05, 4.69) is 46.2 Å². The van der Waals surface area contributed by atoms with Gasteiger partial charge in [-0.15, -0.1) is 11.3 Å². The highest BCUT2D eigenvalue weighted by atomic mass is 32.2. The van der Waals surface area contributed by atoms with Crippen LogP contribution >= 0.6 is 23.1 Å². The molecule has 1 saturated heterocycles. The minimum absolute atomic E-state index is 0.529. The molecule has 0 bridgehead atoms. The van der Waals surface area contributed by atoms with Crippen LogP contribution in [0.15, 0.2) is 5.38 Å². The first-order valence-corrected chi connectivity index (χ1v) is 8.24. The zero-order valence-electron chi connectivity index (χ0n) is 10.6. The van der Waals surface area contributed by atoms with Crippen LogP contribution in [0.25, 0.3) is 0 Å². The first kappa shape index (κ1) is 13.3. The van der Waals surface area contributed by atoms with Crippen molar-refractivity contribution in [1.82, 2.24) is 15.2 Å². The van der Waals surface area contributed by atoms with Crippen molar-refractivity contribution >= 4 is 23.1 Å². The minimum atomic E-state index is 0.529. The van der Waals surface area contributed by atoms with Crippen molar-refractivity contribution in [2.75, 3.05) is 24.6 Å². The summed E-state index contributed by atoms with van der Waals surface area (Å²) in [4.78, 5) is 7.19. The van der Waals surface area contributed by atoms with Crippen LogP contribution in [-0.4, -0.2) is 40.5 Å². The Kier molecular flexibility index (Phi) is 5.28. The fourth-order valence-corrected chi connectivity index (χ4v) is 3.50. The molecule has 3 nitrogen and oxygen atoms in total. The SMILES string of the molecule is CC(C)NCc1nc(CN2CCSCC2)cs1. The molecule has 0 unspecified atom stereocenters. The number of thioether (sulfide) groups is 1. The summed E-state index contributed by atoms with van der Waals surface area (Å²) in [7, 11) is 0. The molecule has 0 aromatic carbocycles. The normalized spacial score (nSPS) is 17.8. The Morgan fingerprint density at radius 2 is 2.18 bits per heavy atom. The molecule has 2 rings (SSSR count). The maximum absolute atomic E-state index is 4.68. The van der Waals surface area contributed by atoms with E-state index >= 15 is 0 Å². The smallest absolute Gasteiger partial charge is 0.107 e. The Balaban J connectivity index is 1.80. The minimum Gasteiger partial charge on any atom is -0.308 e. The highest BCUT2D eigenvalue weighted by Gasteiger charge is 2.12. The van der Waals surface area contributed by atoms with Gasteiger partial charge in [0.2, 0.25) is 0 Å². The Labute approximate surface area is 112 Å². The Morgan fingerprint density at radius 1 is 1.41 bits per heavy atom. The van der Waals surface area contributed by atoms with E-state index in [1.165, 1.54) is 35.3 Å². The first-order chi connectivity index (χ1) is 8.24. The Bertz CT molecular complexity index is 332. The summed E-state index contributed by atoms with van der Waals surface area (Å²) < 4.78 is 0. The molecule has 1 fully saturated rings. The summed E-state index contributed by atoms with van der Waals surface area (Å²) in [6.07, 6.45) is 0. The third kappa shape index (κ3) is 4.58. The largest absolute Gasteiger partial charge is 0.308 e. The number of hydrogen-bond donors (Lipinski definition) is 1. The second kappa shape index (κ2) is 6.73. The van der Waals surface area contributed by atoms with Crippen LogP contribution < -0.4 is 5.32 Å². The fraction of sp³-hybridized carbons (Fsp3) is 0.750. The third-order valence-electron chi connectivity index (χ3n) is 2.75. The third-order valence-corrected chi connectivity index (χ3v) is 4.59. The summed E-state index contributed by atoms with van der Waals surface area (Å²) in [6.45, 7) is 8.68. The van der Waals surface area contributed by atoms with Crippen LogP contribution in [0.3, 0.4) is 0 Å². The highest BCUT2D eigenvalue weighted by molar-refractivity contribution is 7.99. The van der Waals surface area contributed by atoms with Gasteiger partial charge in [-0.2, -0.15) is 11.8 Å². The van der Waals surface area contributed by atoms with E-state index in [0.29, 0.717) is 6.04 Å². The van der Waals surface area contributed by atoms with Gasteiger partial charge in [0.05, 0.1) is 5.69 Å². The molecule has 17 heavy (non-hydrogen) atoms. The van der Waals surface area contributed by atoms with Crippen molar-refractivity contribution < 1.29 is 0 Å². The molecular formula is C12H21N3S2. The van der Waals surface area contributed by atoms with Crippen LogP contribution in [0.1, 0.15) is 24.5 Å². The number of nitrogens with zero attached hydrogens (tertiary/aromatic N) is 2. The molecule has 1 N–H and O–H groups in total. The Morgan fingerprint density at radius 3 is 2.88 bits per heavy atom. The van der Waals surface area contributed by atoms with Crippen molar-refractivity contribution in [1.29, 1.82) is 0 Å². The molecule has 1 aromatic heterocycles. The van der Waals surface area contributed by atoms with Crippen molar-refractivity contribution in [2.45, 2.75) is 33.0 Å². The van der Waals surface area contributed by atoms with Gasteiger partial charge >= 0.3 is 0 Å². The predicted molar refractivity (Wildman–Crippen MR) is 76.7 cm³/mol. The topological polar surface area (TPSA) is 28.2 Å². The lowest BCUT2D eigenvalue weighted by Crippen LogP contribution is -2.32. The van der Waals surface area contributed by atoms with Gasteiger partial charge in [-0.1, -0.05) is 13.8 Å². The number of rotatable bonds is 5. The lowest BCUT2D eigenvalue weighted by Gasteiger charge is -2.25. The van der Waals surface area contributed by atoms with Gasteiger partial charge in [0.1, 0.15) is 5.01 Å². The molecule has 96 valence electrons. The molecular weight excluding hydrogens is 250 g/mol. The summed E-state index contributed by atoms with van der Waals surface area (Å²) in [5.41, 5.74) is 1.24. The molecule has 1 aliphatic rings. The van der Waals surface area contributed by atoms with Crippen LogP contribution in [0, 0.1) is 0 Å². The summed E-state index contributed by atoms with van der Waals surface area (Å²) >= 11 is 3.83. The van der Waals surface area contributed by atoms with E-state index in [1.807, 2.05) is 0 Å². The van der Waals surface area contributed by atoms with E-state index < -0.39 is 0 Å². The van der Waals surface area contributed by atoms with E-state index in [-0.39, 0.29) is 0 Å². The van der Waals surface area contributed by atoms with Gasteiger partial charge in [0.25, 0.3) is 0 Å². The van der Waals surface area contributed by atoms with E-state index in [0.717, 1.165) is 13.1 Å². The van der Waals surface area contributed by atoms with Gasteiger partial charge in [-0.05, 0) is 0 Å². The van der Waals surface area contributed by atoms with E-state index in [4.69, 9.17) is 0 Å². The maximum Gasteiger partial charge on any atom is 0.107 e. The molecule has 1 aromatic rings. The molecule has 0 aliphatic carbocycles. The maximum atomic E-state index is 4.68.